The van der Waals surface area contributed by atoms with Gasteiger partial charge in [-0.05, 0) is 0 Å². The van der Waals surface area contributed by atoms with Crippen molar-refractivity contribution in [1.29, 1.82) is 0 Å². The molecule has 0 N–H and O–H groups in total. The minimum absolute atomic E-state index is 0.599. The molecule has 1 nitrogen and oxygen atoms in total. The van der Waals surface area contributed by atoms with Crippen LogP contribution in [-0.4, -0.2) is 69.7 Å². The molecule has 6 heteroatoms. The van der Waals surface area contributed by atoms with E-state index in [1.54, 1.807) is 0 Å². The van der Waals surface area contributed by atoms with Crippen molar-refractivity contribution in [2.24, 2.45) is 0 Å². The Morgan fingerprint density at radius 2 is 1.33 bits per heavy atom. The van der Waals surface area contributed by atoms with E-state index >= 15 is 0 Å². The lowest BCUT2D eigenvalue weighted by Crippen LogP contribution is -1.96. The van der Waals surface area contributed by atoms with Crippen LogP contribution >= 0.6 is 58.8 Å². The van der Waals surface area contributed by atoms with Gasteiger partial charge in [0.1, 0.15) is 0 Å². The standard InChI is InChI=1S/C12H22OS5/c1(14-3-5-16-8-11-7-13-11)2-15-4-6-17-9-12-10-18-12/h11-12H,1-10H2. The molecule has 0 amide bonds. The highest BCUT2D eigenvalue weighted by Crippen LogP contribution is 2.32. The van der Waals surface area contributed by atoms with Gasteiger partial charge in [0.15, 0.2) is 0 Å². The van der Waals surface area contributed by atoms with Crippen LogP contribution in [0.1, 0.15) is 0 Å². The predicted molar refractivity (Wildman–Crippen MR) is 95.3 cm³/mol. The molecule has 2 unspecified atom stereocenters. The predicted octanol–water partition coefficient (Wildman–Crippen LogP) is 3.43. The van der Waals surface area contributed by atoms with E-state index in [1.807, 2.05) is 11.8 Å². The first-order valence-electron chi connectivity index (χ1n) is 6.49. The quantitative estimate of drug-likeness (QED) is 0.373. The van der Waals surface area contributed by atoms with Crippen LogP contribution in [0.25, 0.3) is 0 Å². The van der Waals surface area contributed by atoms with Crippen LogP contribution < -0.4 is 0 Å². The Hall–Kier alpha value is 1.71. The highest BCUT2D eigenvalue weighted by atomic mass is 32.2. The number of epoxide rings is 1. The third-order valence-corrected chi connectivity index (χ3v) is 8.69. The Morgan fingerprint density at radius 1 is 0.833 bits per heavy atom. The first-order chi connectivity index (χ1) is 8.95. The van der Waals surface area contributed by atoms with E-state index < -0.39 is 0 Å². The van der Waals surface area contributed by atoms with Crippen molar-refractivity contribution < 1.29 is 4.74 Å². The molecule has 2 aliphatic rings. The summed E-state index contributed by atoms with van der Waals surface area (Å²) in [4.78, 5) is 0. The summed E-state index contributed by atoms with van der Waals surface area (Å²) in [5, 5.41) is 1.01. The van der Waals surface area contributed by atoms with Crippen molar-refractivity contribution in [2.45, 2.75) is 11.4 Å². The molecule has 0 spiro atoms. The summed E-state index contributed by atoms with van der Waals surface area (Å²) in [6, 6.07) is 0. The molecular formula is C12H22OS5. The van der Waals surface area contributed by atoms with Crippen molar-refractivity contribution in [3.05, 3.63) is 0 Å². The average molecular weight is 343 g/mol. The summed E-state index contributed by atoms with van der Waals surface area (Å²) in [5.41, 5.74) is 0. The normalized spacial score (nSPS) is 25.3. The third-order valence-electron chi connectivity index (χ3n) is 2.53. The van der Waals surface area contributed by atoms with E-state index in [4.69, 9.17) is 4.74 Å². The molecule has 2 heterocycles. The molecule has 2 atom stereocenters. The highest BCUT2D eigenvalue weighted by Gasteiger charge is 2.21. The molecule has 0 aliphatic carbocycles. The van der Waals surface area contributed by atoms with E-state index in [0.29, 0.717) is 6.10 Å². The van der Waals surface area contributed by atoms with Gasteiger partial charge in [0.25, 0.3) is 0 Å². The van der Waals surface area contributed by atoms with Crippen LogP contribution in [-0.2, 0) is 4.74 Å². The molecule has 18 heavy (non-hydrogen) atoms. The largest absolute Gasteiger partial charge is 0.372 e. The summed E-state index contributed by atoms with van der Waals surface area (Å²) < 4.78 is 5.18. The van der Waals surface area contributed by atoms with Gasteiger partial charge in [0.05, 0.1) is 12.7 Å². The van der Waals surface area contributed by atoms with Gasteiger partial charge in [0.2, 0.25) is 0 Å². The minimum atomic E-state index is 0.599. The molecule has 0 bridgehead atoms. The Labute approximate surface area is 132 Å². The van der Waals surface area contributed by atoms with E-state index in [9.17, 15) is 0 Å². The monoisotopic (exact) mass is 342 g/mol. The van der Waals surface area contributed by atoms with Crippen molar-refractivity contribution in [3.63, 3.8) is 0 Å². The van der Waals surface area contributed by atoms with E-state index in [1.165, 1.54) is 51.8 Å². The fourth-order valence-electron chi connectivity index (χ4n) is 1.32. The third kappa shape index (κ3) is 9.59. The maximum atomic E-state index is 5.18. The zero-order chi connectivity index (χ0) is 12.5. The summed E-state index contributed by atoms with van der Waals surface area (Å²) in [6.45, 7) is 1.01. The second-order valence-corrected chi connectivity index (χ2v) is 10.4. The number of thioether (sulfide) groups is 5. The van der Waals surface area contributed by atoms with Crippen LogP contribution in [0.5, 0.6) is 0 Å². The lowest BCUT2D eigenvalue weighted by Gasteiger charge is -2.02. The summed E-state index contributed by atoms with van der Waals surface area (Å²) in [7, 11) is 0. The second-order valence-electron chi connectivity index (χ2n) is 4.29. The fourth-order valence-corrected chi connectivity index (χ4v) is 6.80. The summed E-state index contributed by atoms with van der Waals surface area (Å²) >= 11 is 10.5. The van der Waals surface area contributed by atoms with Gasteiger partial charge in [-0.15, -0.1) is 0 Å². The zero-order valence-electron chi connectivity index (χ0n) is 10.7. The Morgan fingerprint density at radius 3 is 1.83 bits per heavy atom. The molecule has 0 aromatic rings. The Bertz CT molecular complexity index is 187. The molecular weight excluding hydrogens is 320 g/mol. The smallest absolute Gasteiger partial charge is 0.0900 e. The lowest BCUT2D eigenvalue weighted by atomic mass is 10.6. The number of hydrogen-bond donors (Lipinski definition) is 0. The van der Waals surface area contributed by atoms with E-state index in [0.717, 1.165) is 11.9 Å². The fraction of sp³-hybridized carbons (Fsp3) is 1.00. The molecule has 0 saturated carbocycles. The van der Waals surface area contributed by atoms with E-state index in [-0.39, 0.29) is 0 Å². The van der Waals surface area contributed by atoms with Crippen molar-refractivity contribution in [2.75, 3.05) is 58.4 Å². The van der Waals surface area contributed by atoms with Gasteiger partial charge in [-0.2, -0.15) is 58.8 Å². The molecule has 2 saturated heterocycles. The SMILES string of the molecule is C(CSCCSCC1CS1)SCCSCC1CO1. The lowest BCUT2D eigenvalue weighted by molar-refractivity contribution is 0.426. The average Bonchev–Trinajstić information content (AvgIpc) is 3.25. The van der Waals surface area contributed by atoms with Gasteiger partial charge in [-0.3, -0.25) is 0 Å². The van der Waals surface area contributed by atoms with Gasteiger partial charge in [0, 0.05) is 57.0 Å². The van der Waals surface area contributed by atoms with Crippen LogP contribution in [0.15, 0.2) is 0 Å². The molecule has 0 aromatic heterocycles. The maximum Gasteiger partial charge on any atom is 0.0900 e. The molecule has 2 fully saturated rings. The van der Waals surface area contributed by atoms with Gasteiger partial charge in [-0.25, -0.2) is 0 Å². The van der Waals surface area contributed by atoms with Crippen LogP contribution in [0, 0.1) is 0 Å². The first kappa shape index (κ1) is 16.1. The van der Waals surface area contributed by atoms with Gasteiger partial charge < -0.3 is 4.74 Å². The number of hydrogen-bond acceptors (Lipinski definition) is 6. The maximum absolute atomic E-state index is 5.18. The molecule has 106 valence electrons. The molecule has 0 radical (unpaired) electrons. The first-order valence-corrected chi connectivity index (χ1v) is 12.2. The van der Waals surface area contributed by atoms with Gasteiger partial charge in [-0.1, -0.05) is 0 Å². The van der Waals surface area contributed by atoms with Gasteiger partial charge >= 0.3 is 0 Å². The van der Waals surface area contributed by atoms with Crippen LogP contribution in [0.2, 0.25) is 0 Å². The topological polar surface area (TPSA) is 12.5 Å². The Balaban J connectivity index is 1.19. The molecule has 2 aliphatic heterocycles. The van der Waals surface area contributed by atoms with Crippen LogP contribution in [0.3, 0.4) is 0 Å². The number of rotatable bonds is 13. The minimum Gasteiger partial charge on any atom is -0.372 e. The van der Waals surface area contributed by atoms with Crippen molar-refractivity contribution >= 4 is 58.8 Å². The second kappa shape index (κ2) is 10.4. The molecule has 0 aromatic carbocycles. The van der Waals surface area contributed by atoms with Crippen LogP contribution in [0.4, 0.5) is 0 Å². The summed E-state index contributed by atoms with van der Waals surface area (Å²) in [5.74, 6) is 12.0. The molecule has 2 rings (SSSR count). The Kier molecular flexibility index (Phi) is 9.33. The highest BCUT2D eigenvalue weighted by molar-refractivity contribution is 8.09. The summed E-state index contributed by atoms with van der Waals surface area (Å²) in [6.07, 6.45) is 0.599. The van der Waals surface area contributed by atoms with E-state index in [2.05, 4.69) is 47.0 Å². The van der Waals surface area contributed by atoms with Crippen molar-refractivity contribution in [3.8, 4) is 0 Å². The van der Waals surface area contributed by atoms with Crippen molar-refractivity contribution in [1.82, 2.24) is 0 Å². The number of ether oxygens (including phenoxy) is 1. The zero-order valence-corrected chi connectivity index (χ0v) is 14.8.